The molecule has 1 heterocycles. The highest BCUT2D eigenvalue weighted by atomic mass is 35.5. The molecule has 0 atom stereocenters. The van der Waals surface area contributed by atoms with Crippen LogP contribution < -0.4 is 4.72 Å². The Morgan fingerprint density at radius 3 is 2.65 bits per heavy atom. The molecule has 0 unspecified atom stereocenters. The molecule has 0 amide bonds. The Bertz CT molecular complexity index is 1270. The number of fused-ring (bicyclic) bond motifs is 1. The van der Waals surface area contributed by atoms with E-state index in [9.17, 15) is 23.3 Å². The lowest BCUT2D eigenvalue weighted by molar-refractivity contribution is -0.385. The van der Waals surface area contributed by atoms with Crippen LogP contribution in [0.5, 0.6) is 0 Å². The highest BCUT2D eigenvalue weighted by Crippen LogP contribution is 2.31. The monoisotopic (exact) mass is 468 g/mol. The summed E-state index contributed by atoms with van der Waals surface area (Å²) in [6, 6.07) is 7.41. The summed E-state index contributed by atoms with van der Waals surface area (Å²) in [5.74, 6) is -0.339. The number of methoxy groups -OCH3 is 1. The number of carbonyl (C=O) groups excluding carboxylic acids is 1. The highest BCUT2D eigenvalue weighted by molar-refractivity contribution is 7.92. The predicted octanol–water partition coefficient (Wildman–Crippen LogP) is 3.91. The van der Waals surface area contributed by atoms with Gasteiger partial charge in [-0.1, -0.05) is 11.6 Å². The van der Waals surface area contributed by atoms with Crippen LogP contribution in [0.2, 0.25) is 5.02 Å². The molecule has 0 saturated heterocycles. The molecule has 12 heteroatoms. The lowest BCUT2D eigenvalue weighted by Crippen LogP contribution is -2.14. The van der Waals surface area contributed by atoms with Gasteiger partial charge in [0.05, 0.1) is 16.6 Å². The van der Waals surface area contributed by atoms with Crippen molar-refractivity contribution in [2.45, 2.75) is 11.8 Å². The van der Waals surface area contributed by atoms with Crippen molar-refractivity contribution in [1.82, 2.24) is 0 Å². The SMILES string of the molecule is COCCOC(=O)c1c(C)oc2ccc(NS(=O)(=O)c3cc([N+](=O)[O-])ccc3Cl)cc12. The minimum Gasteiger partial charge on any atom is -0.460 e. The van der Waals surface area contributed by atoms with Crippen LogP contribution in [-0.2, 0) is 19.5 Å². The summed E-state index contributed by atoms with van der Waals surface area (Å²) in [5, 5.41) is 11.1. The summed E-state index contributed by atoms with van der Waals surface area (Å²) in [4.78, 5) is 22.2. The van der Waals surface area contributed by atoms with Gasteiger partial charge in [0, 0.05) is 30.3 Å². The second kappa shape index (κ2) is 8.92. The Kier molecular flexibility index (Phi) is 6.48. The number of nitrogens with one attached hydrogen (secondary N) is 1. The topological polar surface area (TPSA) is 138 Å². The van der Waals surface area contributed by atoms with E-state index in [1.54, 1.807) is 6.92 Å². The molecule has 0 aliphatic heterocycles. The molecule has 0 bridgehead atoms. The minimum absolute atomic E-state index is 0.0407. The number of hydrogen-bond acceptors (Lipinski definition) is 8. The van der Waals surface area contributed by atoms with E-state index in [0.717, 1.165) is 18.2 Å². The van der Waals surface area contributed by atoms with Crippen molar-refractivity contribution in [1.29, 1.82) is 0 Å². The summed E-state index contributed by atoms with van der Waals surface area (Å²) in [6.45, 7) is 1.84. The first-order valence-electron chi connectivity index (χ1n) is 8.80. The van der Waals surface area contributed by atoms with Gasteiger partial charge in [0.1, 0.15) is 28.4 Å². The van der Waals surface area contributed by atoms with Crippen molar-refractivity contribution >= 4 is 49.9 Å². The molecule has 0 saturated carbocycles. The van der Waals surface area contributed by atoms with E-state index in [4.69, 9.17) is 25.5 Å². The Balaban J connectivity index is 1.97. The van der Waals surface area contributed by atoms with E-state index in [1.165, 1.54) is 25.3 Å². The van der Waals surface area contributed by atoms with Crippen LogP contribution in [-0.4, -0.2) is 39.6 Å². The van der Waals surface area contributed by atoms with Gasteiger partial charge < -0.3 is 13.9 Å². The van der Waals surface area contributed by atoms with Crippen LogP contribution in [0.25, 0.3) is 11.0 Å². The van der Waals surface area contributed by atoms with Gasteiger partial charge in [-0.05, 0) is 31.2 Å². The van der Waals surface area contributed by atoms with E-state index in [2.05, 4.69) is 4.72 Å². The summed E-state index contributed by atoms with van der Waals surface area (Å²) in [7, 11) is -2.79. The third kappa shape index (κ3) is 4.79. The normalized spacial score (nSPS) is 11.5. The maximum Gasteiger partial charge on any atom is 0.342 e. The average molecular weight is 469 g/mol. The number of furan rings is 1. The zero-order valence-electron chi connectivity index (χ0n) is 16.4. The fourth-order valence-electron chi connectivity index (χ4n) is 2.85. The summed E-state index contributed by atoms with van der Waals surface area (Å²) in [5.41, 5.74) is 0.182. The van der Waals surface area contributed by atoms with Crippen LogP contribution in [0.15, 0.2) is 45.7 Å². The van der Waals surface area contributed by atoms with Crippen molar-refractivity contribution < 1.29 is 32.0 Å². The number of sulfonamides is 1. The van der Waals surface area contributed by atoms with Gasteiger partial charge in [-0.2, -0.15) is 0 Å². The number of halogens is 1. The number of nitro groups is 1. The molecule has 1 N–H and O–H groups in total. The number of rotatable bonds is 8. The largest absolute Gasteiger partial charge is 0.460 e. The van der Waals surface area contributed by atoms with Crippen LogP contribution in [0, 0.1) is 17.0 Å². The molecule has 3 rings (SSSR count). The molecule has 0 aliphatic carbocycles. The molecular weight excluding hydrogens is 452 g/mol. The first kappa shape index (κ1) is 22.5. The second-order valence-electron chi connectivity index (χ2n) is 6.35. The standard InChI is InChI=1S/C19H17ClN2O8S/c1-11-18(19(23)29-8-7-28-2)14-9-12(3-6-16(14)30-11)21-31(26,27)17-10-13(22(24)25)4-5-15(17)20/h3-6,9-10,21H,7-8H2,1-2H3. The number of carbonyl (C=O) groups is 1. The molecule has 0 radical (unpaired) electrons. The number of anilines is 1. The van der Waals surface area contributed by atoms with Gasteiger partial charge in [-0.25, -0.2) is 13.2 Å². The Hall–Kier alpha value is -3.15. The third-order valence-corrected chi connectivity index (χ3v) is 6.12. The number of aryl methyl sites for hydroxylation is 1. The molecule has 31 heavy (non-hydrogen) atoms. The van der Waals surface area contributed by atoms with Crippen molar-refractivity contribution in [3.63, 3.8) is 0 Å². The van der Waals surface area contributed by atoms with Crippen LogP contribution in [0.1, 0.15) is 16.1 Å². The van der Waals surface area contributed by atoms with Gasteiger partial charge in [-0.15, -0.1) is 0 Å². The van der Waals surface area contributed by atoms with Gasteiger partial charge in [0.15, 0.2) is 0 Å². The van der Waals surface area contributed by atoms with Gasteiger partial charge in [-0.3, -0.25) is 14.8 Å². The molecule has 3 aromatic rings. The number of esters is 1. The lowest BCUT2D eigenvalue weighted by Gasteiger charge is -2.10. The van der Waals surface area contributed by atoms with E-state index in [0.29, 0.717) is 16.7 Å². The van der Waals surface area contributed by atoms with Gasteiger partial charge in [0.25, 0.3) is 15.7 Å². The lowest BCUT2D eigenvalue weighted by atomic mass is 10.1. The van der Waals surface area contributed by atoms with E-state index < -0.39 is 31.5 Å². The number of hydrogen-bond donors (Lipinski definition) is 1. The Morgan fingerprint density at radius 2 is 1.97 bits per heavy atom. The fourth-order valence-corrected chi connectivity index (χ4v) is 4.42. The second-order valence-corrected chi connectivity index (χ2v) is 8.41. The van der Waals surface area contributed by atoms with E-state index >= 15 is 0 Å². The van der Waals surface area contributed by atoms with Crippen molar-refractivity contribution in [3.8, 4) is 0 Å². The van der Waals surface area contributed by atoms with Crippen molar-refractivity contribution in [2.75, 3.05) is 25.0 Å². The zero-order valence-corrected chi connectivity index (χ0v) is 18.0. The molecule has 164 valence electrons. The first-order chi connectivity index (χ1) is 14.6. The third-order valence-electron chi connectivity index (χ3n) is 4.26. The van der Waals surface area contributed by atoms with Gasteiger partial charge in [0.2, 0.25) is 0 Å². The predicted molar refractivity (Wildman–Crippen MR) is 112 cm³/mol. The fraction of sp³-hybridized carbons (Fsp3) is 0.211. The number of non-ortho nitro benzene ring substituents is 1. The number of benzene rings is 2. The molecule has 2 aromatic carbocycles. The minimum atomic E-state index is -4.26. The summed E-state index contributed by atoms with van der Waals surface area (Å²) in [6.07, 6.45) is 0. The van der Waals surface area contributed by atoms with Crippen molar-refractivity contribution in [2.24, 2.45) is 0 Å². The Morgan fingerprint density at radius 1 is 1.23 bits per heavy atom. The van der Waals surface area contributed by atoms with Crippen LogP contribution >= 0.6 is 11.6 Å². The number of nitro benzene ring substituents is 1. The van der Waals surface area contributed by atoms with E-state index in [-0.39, 0.29) is 29.5 Å². The molecular formula is C19H17ClN2O8S. The quantitative estimate of drug-likeness (QED) is 0.227. The number of nitrogens with zero attached hydrogens (tertiary/aromatic N) is 1. The maximum absolute atomic E-state index is 12.8. The number of ether oxygens (including phenoxy) is 2. The summed E-state index contributed by atoms with van der Waals surface area (Å²) < 4.78 is 43.4. The molecule has 0 aliphatic rings. The highest BCUT2D eigenvalue weighted by Gasteiger charge is 2.24. The zero-order chi connectivity index (χ0) is 22.8. The maximum atomic E-state index is 12.8. The molecule has 0 fully saturated rings. The molecule has 0 spiro atoms. The smallest absolute Gasteiger partial charge is 0.342 e. The molecule has 10 nitrogen and oxygen atoms in total. The molecule has 1 aromatic heterocycles. The summed E-state index contributed by atoms with van der Waals surface area (Å²) >= 11 is 5.95. The van der Waals surface area contributed by atoms with Crippen molar-refractivity contribution in [3.05, 3.63) is 62.9 Å². The van der Waals surface area contributed by atoms with Crippen LogP contribution in [0.3, 0.4) is 0 Å². The van der Waals surface area contributed by atoms with E-state index in [1.807, 2.05) is 0 Å². The van der Waals surface area contributed by atoms with Crippen LogP contribution in [0.4, 0.5) is 11.4 Å². The Labute approximate surface area is 181 Å². The average Bonchev–Trinajstić information content (AvgIpc) is 3.02. The van der Waals surface area contributed by atoms with Gasteiger partial charge >= 0.3 is 5.97 Å². The first-order valence-corrected chi connectivity index (χ1v) is 10.7.